The number of hydrogen-bond acceptors (Lipinski definition) is 4. The molecule has 0 radical (unpaired) electrons. The number of anilines is 1. The molecule has 3 N–H and O–H groups in total. The van der Waals surface area contributed by atoms with Gasteiger partial charge in [-0.25, -0.2) is 9.82 Å². The van der Waals surface area contributed by atoms with Crippen LogP contribution in [0.2, 0.25) is 0 Å². The lowest BCUT2D eigenvalue weighted by atomic mass is 10.1. The van der Waals surface area contributed by atoms with Crippen molar-refractivity contribution < 1.29 is 19.2 Å². The number of carbonyl (C=O) groups is 1. The highest BCUT2D eigenvalue weighted by molar-refractivity contribution is 6.03. The standard InChI is InChI=1S/C22H27FN4O2/c1-2-20(19-16-17(23)8-9-21(19)28)24-25-22(29)10-11-26-12-14-27(15-13-26)18-6-4-3-5-7-18/h3-9,16,28H,2,10-15H2,1H3,(H,25,29)/p+1/b24-20+. The summed E-state index contributed by atoms with van der Waals surface area (Å²) in [5.74, 6) is -0.685. The number of rotatable bonds is 7. The van der Waals surface area contributed by atoms with Crippen LogP contribution in [0.25, 0.3) is 0 Å². The van der Waals surface area contributed by atoms with E-state index >= 15 is 0 Å². The molecular weight excluding hydrogens is 371 g/mol. The first-order valence-corrected chi connectivity index (χ1v) is 10.0. The Morgan fingerprint density at radius 2 is 1.93 bits per heavy atom. The maximum atomic E-state index is 13.4. The van der Waals surface area contributed by atoms with E-state index in [4.69, 9.17) is 0 Å². The molecule has 0 spiro atoms. The van der Waals surface area contributed by atoms with E-state index in [1.54, 1.807) is 0 Å². The van der Waals surface area contributed by atoms with Gasteiger partial charge in [-0.05, 0) is 36.8 Å². The van der Waals surface area contributed by atoms with Gasteiger partial charge in [0.15, 0.2) is 0 Å². The van der Waals surface area contributed by atoms with Crippen LogP contribution in [-0.2, 0) is 4.79 Å². The van der Waals surface area contributed by atoms with E-state index in [1.165, 1.54) is 28.8 Å². The number of benzene rings is 2. The first-order valence-electron chi connectivity index (χ1n) is 10.0. The predicted octanol–water partition coefficient (Wildman–Crippen LogP) is 1.56. The van der Waals surface area contributed by atoms with Crippen molar-refractivity contribution in [3.63, 3.8) is 0 Å². The first kappa shape index (κ1) is 20.8. The summed E-state index contributed by atoms with van der Waals surface area (Å²) in [6.07, 6.45) is 0.834. The summed E-state index contributed by atoms with van der Waals surface area (Å²) in [6, 6.07) is 14.1. The molecule has 6 nitrogen and oxygen atoms in total. The molecule has 29 heavy (non-hydrogen) atoms. The number of amides is 1. The van der Waals surface area contributed by atoms with E-state index in [1.807, 2.05) is 25.1 Å². The molecule has 7 heteroatoms. The largest absolute Gasteiger partial charge is 0.507 e. The van der Waals surface area contributed by atoms with Crippen LogP contribution in [0.4, 0.5) is 10.1 Å². The van der Waals surface area contributed by atoms with Crippen molar-refractivity contribution in [3.8, 4) is 5.75 Å². The van der Waals surface area contributed by atoms with E-state index in [0.717, 1.165) is 32.7 Å². The Morgan fingerprint density at radius 1 is 1.21 bits per heavy atom. The Labute approximate surface area is 170 Å². The lowest BCUT2D eigenvalue weighted by Crippen LogP contribution is -3.15. The Morgan fingerprint density at radius 3 is 2.62 bits per heavy atom. The van der Waals surface area contributed by atoms with Gasteiger partial charge in [-0.15, -0.1) is 0 Å². The topological polar surface area (TPSA) is 69.4 Å². The maximum Gasteiger partial charge on any atom is 0.245 e. The number of phenols is 1. The number of nitrogens with zero attached hydrogens (tertiary/aromatic N) is 2. The van der Waals surface area contributed by atoms with Crippen LogP contribution >= 0.6 is 0 Å². The van der Waals surface area contributed by atoms with Crippen LogP contribution in [0, 0.1) is 5.82 Å². The Kier molecular flexibility index (Phi) is 7.19. The third-order valence-corrected chi connectivity index (χ3v) is 5.22. The maximum absolute atomic E-state index is 13.4. The van der Waals surface area contributed by atoms with Gasteiger partial charge >= 0.3 is 0 Å². The molecule has 3 rings (SSSR count). The van der Waals surface area contributed by atoms with Crippen molar-refractivity contribution in [1.29, 1.82) is 0 Å². The zero-order valence-electron chi connectivity index (χ0n) is 16.7. The average Bonchev–Trinajstić information content (AvgIpc) is 2.76. The van der Waals surface area contributed by atoms with Crippen molar-refractivity contribution in [2.45, 2.75) is 19.8 Å². The number of para-hydroxylation sites is 1. The molecule has 154 valence electrons. The van der Waals surface area contributed by atoms with E-state index in [-0.39, 0.29) is 11.7 Å². The monoisotopic (exact) mass is 399 g/mol. The van der Waals surface area contributed by atoms with Gasteiger partial charge in [-0.3, -0.25) is 4.79 Å². The lowest BCUT2D eigenvalue weighted by Gasteiger charge is -2.33. The summed E-state index contributed by atoms with van der Waals surface area (Å²) in [5.41, 5.74) is 4.53. The van der Waals surface area contributed by atoms with Crippen LogP contribution in [-0.4, -0.2) is 49.4 Å². The van der Waals surface area contributed by atoms with Crippen LogP contribution in [0.15, 0.2) is 53.6 Å². The third-order valence-electron chi connectivity index (χ3n) is 5.22. The van der Waals surface area contributed by atoms with Crippen molar-refractivity contribution in [2.24, 2.45) is 5.10 Å². The van der Waals surface area contributed by atoms with Gasteiger partial charge in [-0.1, -0.05) is 25.1 Å². The fourth-order valence-corrected chi connectivity index (χ4v) is 3.52. The first-order chi connectivity index (χ1) is 14.1. The number of hydrazone groups is 1. The molecule has 1 aliphatic rings. The second-order valence-electron chi connectivity index (χ2n) is 7.18. The van der Waals surface area contributed by atoms with Gasteiger partial charge in [0.05, 0.1) is 44.9 Å². The van der Waals surface area contributed by atoms with Gasteiger partial charge in [0.25, 0.3) is 0 Å². The third kappa shape index (κ3) is 5.77. The minimum atomic E-state index is -0.455. The van der Waals surface area contributed by atoms with E-state index in [2.05, 4.69) is 27.6 Å². The second-order valence-corrected chi connectivity index (χ2v) is 7.18. The lowest BCUT2D eigenvalue weighted by molar-refractivity contribution is -0.900. The zero-order chi connectivity index (χ0) is 20.6. The van der Waals surface area contributed by atoms with Gasteiger partial charge in [0.2, 0.25) is 5.91 Å². The van der Waals surface area contributed by atoms with E-state index in [9.17, 15) is 14.3 Å². The van der Waals surface area contributed by atoms with Gasteiger partial charge in [-0.2, -0.15) is 5.10 Å². The summed E-state index contributed by atoms with van der Waals surface area (Å²) in [4.78, 5) is 16.0. The van der Waals surface area contributed by atoms with E-state index in [0.29, 0.717) is 24.1 Å². The SMILES string of the molecule is CC/C(=N\NC(=O)CC[NH+]1CCN(c2ccccc2)CC1)c1cc(F)ccc1O. The summed E-state index contributed by atoms with van der Waals surface area (Å²) < 4.78 is 13.4. The zero-order valence-corrected chi connectivity index (χ0v) is 16.7. The quantitative estimate of drug-likeness (QED) is 0.489. The molecule has 2 aromatic carbocycles. The molecule has 1 heterocycles. The molecular formula is C22H28FN4O2+. The minimum Gasteiger partial charge on any atom is -0.507 e. The predicted molar refractivity (Wildman–Crippen MR) is 112 cm³/mol. The summed E-state index contributed by atoms with van der Waals surface area (Å²) >= 11 is 0. The summed E-state index contributed by atoms with van der Waals surface area (Å²) in [7, 11) is 0. The fourth-order valence-electron chi connectivity index (χ4n) is 3.52. The number of phenolic OH excluding ortho intramolecular Hbond substituents is 1. The van der Waals surface area contributed by atoms with Crippen LogP contribution in [0.1, 0.15) is 25.3 Å². The number of hydrogen-bond donors (Lipinski definition) is 3. The van der Waals surface area contributed by atoms with Crippen LogP contribution < -0.4 is 15.2 Å². The molecule has 1 saturated heterocycles. The Hall–Kier alpha value is -2.93. The molecule has 0 atom stereocenters. The molecule has 0 aliphatic carbocycles. The van der Waals surface area contributed by atoms with Crippen molar-refractivity contribution in [3.05, 3.63) is 59.9 Å². The number of halogens is 1. The van der Waals surface area contributed by atoms with Crippen molar-refractivity contribution in [2.75, 3.05) is 37.6 Å². The number of quaternary nitrogens is 1. The highest BCUT2D eigenvalue weighted by Gasteiger charge is 2.20. The fraction of sp³-hybridized carbons (Fsp3) is 0.364. The molecule has 1 aliphatic heterocycles. The van der Waals surface area contributed by atoms with Crippen molar-refractivity contribution >= 4 is 17.3 Å². The number of nitrogens with one attached hydrogen (secondary N) is 2. The molecule has 0 unspecified atom stereocenters. The van der Waals surface area contributed by atoms with Gasteiger partial charge in [0.1, 0.15) is 11.6 Å². The molecule has 1 fully saturated rings. The average molecular weight is 399 g/mol. The molecule has 0 aromatic heterocycles. The van der Waals surface area contributed by atoms with Crippen molar-refractivity contribution in [1.82, 2.24) is 5.43 Å². The normalized spacial score (nSPS) is 15.4. The summed E-state index contributed by atoms with van der Waals surface area (Å²) in [5, 5.41) is 14.0. The van der Waals surface area contributed by atoms with E-state index < -0.39 is 5.82 Å². The van der Waals surface area contributed by atoms with Gasteiger partial charge < -0.3 is 14.9 Å². The molecule has 0 saturated carbocycles. The number of carbonyl (C=O) groups excluding carboxylic acids is 1. The number of aromatic hydroxyl groups is 1. The highest BCUT2D eigenvalue weighted by Crippen LogP contribution is 2.20. The van der Waals surface area contributed by atoms with Crippen LogP contribution in [0.3, 0.4) is 0 Å². The van der Waals surface area contributed by atoms with Crippen LogP contribution in [0.5, 0.6) is 5.75 Å². The number of piperazine rings is 1. The smallest absolute Gasteiger partial charge is 0.245 e. The Bertz CT molecular complexity index is 849. The second kappa shape index (κ2) is 10.0. The highest BCUT2D eigenvalue weighted by atomic mass is 19.1. The summed E-state index contributed by atoms with van der Waals surface area (Å²) in [6.45, 7) is 6.50. The molecule has 0 bridgehead atoms. The molecule has 2 aromatic rings. The Balaban J connectivity index is 1.46. The minimum absolute atomic E-state index is 0.0537. The molecule has 1 amide bonds. The van der Waals surface area contributed by atoms with Gasteiger partial charge in [0, 0.05) is 11.3 Å².